The van der Waals surface area contributed by atoms with Crippen LogP contribution in [0.15, 0.2) is 0 Å². The molecule has 2 amide bonds. The van der Waals surface area contributed by atoms with Crippen LogP contribution in [-0.4, -0.2) is 28.3 Å². The van der Waals surface area contributed by atoms with Crippen LogP contribution in [0.5, 0.6) is 0 Å². The maximum atomic E-state index is 10.8. The van der Waals surface area contributed by atoms with Gasteiger partial charge in [-0.05, 0) is 6.92 Å². The molecule has 0 aromatic carbocycles. The summed E-state index contributed by atoms with van der Waals surface area (Å²) < 4.78 is 0. The summed E-state index contributed by atoms with van der Waals surface area (Å²) in [6.45, 7) is 1.73. The highest BCUT2D eigenvalue weighted by atomic mass is 32.2. The minimum absolute atomic E-state index is 0.0926. The van der Waals surface area contributed by atoms with E-state index in [0.29, 0.717) is 0 Å². The van der Waals surface area contributed by atoms with Crippen molar-refractivity contribution in [3.05, 3.63) is 0 Å². The minimum atomic E-state index is -0.178. The molecule has 1 heterocycles. The lowest BCUT2D eigenvalue weighted by Crippen LogP contribution is -2.25. The molecule has 0 bridgehead atoms. The van der Waals surface area contributed by atoms with Gasteiger partial charge in [0.05, 0.1) is 5.25 Å². The van der Waals surface area contributed by atoms with E-state index in [0.717, 1.165) is 16.7 Å². The molecule has 1 aliphatic heterocycles. The molecule has 1 aliphatic rings. The molecule has 0 aromatic rings. The number of hydrogen-bond acceptors (Lipinski definition) is 3. The van der Waals surface area contributed by atoms with Crippen molar-refractivity contribution in [2.24, 2.45) is 0 Å². The van der Waals surface area contributed by atoms with Gasteiger partial charge in [-0.1, -0.05) is 11.8 Å². The standard InChI is InChI=1S/C5H7NO2S/c1-3-4(7)6(2)5(8)9-3/h3H,1-2H3/t3-/m1/s1. The normalized spacial score (nSPS) is 27.8. The van der Waals surface area contributed by atoms with E-state index in [2.05, 4.69) is 0 Å². The Morgan fingerprint density at radius 3 is 2.22 bits per heavy atom. The van der Waals surface area contributed by atoms with Crippen molar-refractivity contribution in [3.63, 3.8) is 0 Å². The van der Waals surface area contributed by atoms with E-state index in [4.69, 9.17) is 0 Å². The number of carbonyl (C=O) groups is 2. The molecule has 0 aliphatic carbocycles. The predicted molar refractivity (Wildman–Crippen MR) is 35.2 cm³/mol. The van der Waals surface area contributed by atoms with Gasteiger partial charge in [-0.15, -0.1) is 0 Å². The van der Waals surface area contributed by atoms with Gasteiger partial charge in [0.15, 0.2) is 0 Å². The maximum absolute atomic E-state index is 10.8. The molecular weight excluding hydrogens is 138 g/mol. The van der Waals surface area contributed by atoms with E-state index in [1.165, 1.54) is 7.05 Å². The van der Waals surface area contributed by atoms with Crippen LogP contribution in [0.1, 0.15) is 6.92 Å². The van der Waals surface area contributed by atoms with E-state index >= 15 is 0 Å². The molecule has 0 aromatic heterocycles. The topological polar surface area (TPSA) is 37.4 Å². The van der Waals surface area contributed by atoms with Gasteiger partial charge in [-0.3, -0.25) is 14.5 Å². The molecule has 0 N–H and O–H groups in total. The third kappa shape index (κ3) is 0.941. The fourth-order valence-electron chi connectivity index (χ4n) is 0.643. The van der Waals surface area contributed by atoms with E-state index in [9.17, 15) is 9.59 Å². The van der Waals surface area contributed by atoms with Gasteiger partial charge in [-0.2, -0.15) is 0 Å². The van der Waals surface area contributed by atoms with Gasteiger partial charge < -0.3 is 0 Å². The summed E-state index contributed by atoms with van der Waals surface area (Å²) in [7, 11) is 1.50. The molecule has 1 atom stereocenters. The van der Waals surface area contributed by atoms with Crippen LogP contribution >= 0.6 is 11.8 Å². The number of imide groups is 1. The van der Waals surface area contributed by atoms with Crippen molar-refractivity contribution in [3.8, 4) is 0 Å². The number of carbonyl (C=O) groups excluding carboxylic acids is 2. The van der Waals surface area contributed by atoms with Gasteiger partial charge in [0.2, 0.25) is 5.91 Å². The number of hydrogen-bond donors (Lipinski definition) is 0. The molecule has 9 heavy (non-hydrogen) atoms. The second-order valence-electron chi connectivity index (χ2n) is 1.92. The van der Waals surface area contributed by atoms with Crippen LogP contribution < -0.4 is 0 Å². The number of amides is 2. The highest BCUT2D eigenvalue weighted by molar-refractivity contribution is 8.15. The van der Waals surface area contributed by atoms with Crippen molar-refractivity contribution >= 4 is 22.9 Å². The summed E-state index contributed by atoms with van der Waals surface area (Å²) in [6, 6.07) is 0. The number of nitrogens with zero attached hydrogens (tertiary/aromatic N) is 1. The second-order valence-corrected chi connectivity index (χ2v) is 3.22. The molecule has 3 nitrogen and oxygen atoms in total. The Balaban J connectivity index is 2.77. The first-order chi connectivity index (χ1) is 4.13. The summed E-state index contributed by atoms with van der Waals surface area (Å²) in [5, 5.41) is -0.324. The molecule has 0 saturated carbocycles. The van der Waals surface area contributed by atoms with Gasteiger partial charge >= 0.3 is 0 Å². The first-order valence-electron chi connectivity index (χ1n) is 2.61. The predicted octanol–water partition coefficient (Wildman–Crippen LogP) is 0.700. The fraction of sp³-hybridized carbons (Fsp3) is 0.600. The SMILES string of the molecule is C[C@H]1SC(=O)N(C)C1=O. The molecule has 0 spiro atoms. The van der Waals surface area contributed by atoms with Crippen molar-refractivity contribution in [2.45, 2.75) is 12.2 Å². The smallest absolute Gasteiger partial charge is 0.276 e. The van der Waals surface area contributed by atoms with Crippen LogP contribution in [0, 0.1) is 0 Å². The second kappa shape index (κ2) is 2.02. The maximum Gasteiger partial charge on any atom is 0.288 e. The Labute approximate surface area is 57.4 Å². The Bertz CT molecular complexity index is 168. The Hall–Kier alpha value is -0.510. The Morgan fingerprint density at radius 1 is 1.56 bits per heavy atom. The first kappa shape index (κ1) is 6.61. The highest BCUT2D eigenvalue weighted by Gasteiger charge is 2.33. The molecule has 1 saturated heterocycles. The van der Waals surface area contributed by atoms with E-state index in [-0.39, 0.29) is 16.4 Å². The van der Waals surface area contributed by atoms with Crippen molar-refractivity contribution in [1.29, 1.82) is 0 Å². The first-order valence-corrected chi connectivity index (χ1v) is 3.49. The highest BCUT2D eigenvalue weighted by Crippen LogP contribution is 2.24. The summed E-state index contributed by atoms with van der Waals surface area (Å²) in [5.41, 5.74) is 0. The fourth-order valence-corrected chi connectivity index (χ4v) is 1.45. The third-order valence-electron chi connectivity index (χ3n) is 1.23. The number of rotatable bonds is 0. The summed E-state index contributed by atoms with van der Waals surface area (Å²) in [6.07, 6.45) is 0. The third-order valence-corrected chi connectivity index (χ3v) is 2.26. The Morgan fingerprint density at radius 2 is 2.11 bits per heavy atom. The van der Waals surface area contributed by atoms with Gasteiger partial charge in [0.1, 0.15) is 0 Å². The molecule has 0 unspecified atom stereocenters. The zero-order valence-electron chi connectivity index (χ0n) is 5.25. The van der Waals surface area contributed by atoms with Gasteiger partial charge in [0, 0.05) is 7.05 Å². The Kier molecular flexibility index (Phi) is 1.48. The summed E-state index contributed by atoms with van der Waals surface area (Å²) in [4.78, 5) is 22.6. The molecule has 0 radical (unpaired) electrons. The molecule has 1 rings (SSSR count). The summed E-state index contributed by atoms with van der Waals surface area (Å²) in [5.74, 6) is -0.0926. The monoisotopic (exact) mass is 145 g/mol. The lowest BCUT2D eigenvalue weighted by Gasteiger charge is -2.01. The van der Waals surface area contributed by atoms with Gasteiger partial charge in [0.25, 0.3) is 5.24 Å². The average Bonchev–Trinajstić information content (AvgIpc) is 1.98. The van der Waals surface area contributed by atoms with Crippen molar-refractivity contribution in [1.82, 2.24) is 4.90 Å². The summed E-state index contributed by atoms with van der Waals surface area (Å²) >= 11 is 1.07. The molecular formula is C5H7NO2S. The lowest BCUT2D eigenvalue weighted by molar-refractivity contribution is -0.125. The van der Waals surface area contributed by atoms with Crippen LogP contribution in [0.4, 0.5) is 4.79 Å². The molecule has 4 heteroatoms. The number of thioether (sulfide) groups is 1. The van der Waals surface area contributed by atoms with E-state index in [1.807, 2.05) is 0 Å². The lowest BCUT2D eigenvalue weighted by atomic mass is 10.4. The zero-order valence-corrected chi connectivity index (χ0v) is 6.07. The molecule has 50 valence electrons. The van der Waals surface area contributed by atoms with E-state index < -0.39 is 0 Å². The largest absolute Gasteiger partial charge is 0.288 e. The van der Waals surface area contributed by atoms with E-state index in [1.54, 1.807) is 6.92 Å². The van der Waals surface area contributed by atoms with Crippen molar-refractivity contribution < 1.29 is 9.59 Å². The average molecular weight is 145 g/mol. The van der Waals surface area contributed by atoms with Crippen molar-refractivity contribution in [2.75, 3.05) is 7.05 Å². The minimum Gasteiger partial charge on any atom is -0.276 e. The molecule has 1 fully saturated rings. The van der Waals surface area contributed by atoms with Crippen LogP contribution in [0.3, 0.4) is 0 Å². The van der Waals surface area contributed by atoms with Crippen LogP contribution in [-0.2, 0) is 4.79 Å². The van der Waals surface area contributed by atoms with Crippen LogP contribution in [0.2, 0.25) is 0 Å². The van der Waals surface area contributed by atoms with Gasteiger partial charge in [-0.25, -0.2) is 0 Å². The quantitative estimate of drug-likeness (QED) is 0.503. The van der Waals surface area contributed by atoms with Crippen LogP contribution in [0.25, 0.3) is 0 Å². The zero-order chi connectivity index (χ0) is 7.02.